The fourth-order valence-corrected chi connectivity index (χ4v) is 2.41. The van der Waals surface area contributed by atoms with Gasteiger partial charge in [-0.3, -0.25) is 0 Å². The lowest BCUT2D eigenvalue weighted by Crippen LogP contribution is -2.05. The second-order valence-electron chi connectivity index (χ2n) is 4.50. The lowest BCUT2D eigenvalue weighted by Gasteiger charge is -2.02. The second-order valence-corrected chi connectivity index (χ2v) is 4.83. The molecule has 0 amide bonds. The Morgan fingerprint density at radius 1 is 0.957 bits per heavy atom. The summed E-state index contributed by atoms with van der Waals surface area (Å²) in [6, 6.07) is 7.95. The van der Waals surface area contributed by atoms with Crippen LogP contribution in [0.2, 0.25) is 0 Å². The van der Waals surface area contributed by atoms with E-state index in [1.807, 2.05) is 0 Å². The second kappa shape index (κ2) is 7.64. The highest BCUT2D eigenvalue weighted by Gasteiger charge is 2.25. The Morgan fingerprint density at radius 3 is 1.83 bits per heavy atom. The number of fused-ring (bicyclic) bond motifs is 1. The van der Waals surface area contributed by atoms with Crippen molar-refractivity contribution in [1.82, 2.24) is 0 Å². The molecule has 0 saturated carbocycles. The number of hydrogen-bond acceptors (Lipinski definition) is 6. The maximum absolute atomic E-state index is 12.1. The van der Waals surface area contributed by atoms with Gasteiger partial charge in [0.05, 0.1) is 30.0 Å². The zero-order chi connectivity index (χ0) is 16.8. The fourth-order valence-electron chi connectivity index (χ4n) is 2.20. The average molecular weight is 333 g/mol. The van der Waals surface area contributed by atoms with E-state index in [2.05, 4.69) is 4.36 Å². The van der Waals surface area contributed by atoms with Crippen LogP contribution in [0.1, 0.15) is 34.6 Å². The minimum atomic E-state index is -0.518. The highest BCUT2D eigenvalue weighted by atomic mass is 32.1. The molecule has 23 heavy (non-hydrogen) atoms. The third-order valence-corrected chi connectivity index (χ3v) is 3.42. The minimum Gasteiger partial charge on any atom is -0.462 e. The standard InChI is InChI=1S/C16H15NO5S/c1-3-21-15(18)13-9-14(16(19)22-4-2)12-8-6-10(17-23-20)5-7-11(12)13/h5-9H,3-4H2,1-2H3. The van der Waals surface area contributed by atoms with Crippen molar-refractivity contribution >= 4 is 29.1 Å². The van der Waals surface area contributed by atoms with Crippen LogP contribution in [-0.2, 0) is 20.9 Å². The number of carbonyl (C=O) groups is 2. The Balaban J connectivity index is 2.64. The summed E-state index contributed by atoms with van der Waals surface area (Å²) in [6.45, 7) is 3.87. The van der Waals surface area contributed by atoms with Crippen molar-refractivity contribution in [3.05, 3.63) is 41.5 Å². The van der Waals surface area contributed by atoms with E-state index in [1.54, 1.807) is 38.1 Å². The molecule has 0 aromatic carbocycles. The normalized spacial score (nSPS) is 10.2. The topological polar surface area (TPSA) is 82.0 Å². The molecule has 2 rings (SSSR count). The summed E-state index contributed by atoms with van der Waals surface area (Å²) in [7, 11) is 0. The Bertz CT molecular complexity index is 715. The van der Waals surface area contributed by atoms with E-state index in [0.29, 0.717) is 16.8 Å². The highest BCUT2D eigenvalue weighted by Crippen LogP contribution is 2.34. The van der Waals surface area contributed by atoms with Crippen LogP contribution in [0.4, 0.5) is 5.69 Å². The summed E-state index contributed by atoms with van der Waals surface area (Å²) in [5.74, 6) is -1.04. The van der Waals surface area contributed by atoms with Gasteiger partial charge in [-0.1, -0.05) is 12.1 Å². The zero-order valence-corrected chi connectivity index (χ0v) is 13.5. The number of ether oxygens (including phenoxy) is 2. The molecule has 0 spiro atoms. The fraction of sp³-hybridized carbons (Fsp3) is 0.250. The molecule has 120 valence electrons. The summed E-state index contributed by atoms with van der Waals surface area (Å²) in [6.07, 6.45) is 0. The van der Waals surface area contributed by atoms with E-state index in [0.717, 1.165) is 0 Å². The van der Waals surface area contributed by atoms with Gasteiger partial charge in [0.1, 0.15) is 0 Å². The van der Waals surface area contributed by atoms with Gasteiger partial charge in [0, 0.05) is 0 Å². The van der Waals surface area contributed by atoms with E-state index in [-0.39, 0.29) is 35.8 Å². The van der Waals surface area contributed by atoms with Crippen molar-refractivity contribution in [3.63, 3.8) is 0 Å². The first kappa shape index (κ1) is 16.8. The van der Waals surface area contributed by atoms with Crippen LogP contribution in [0, 0.1) is 0 Å². The number of hydrogen-bond donors (Lipinski definition) is 0. The molecular weight excluding hydrogens is 318 g/mol. The number of carbonyl (C=O) groups excluding carboxylic acids is 2. The predicted molar refractivity (Wildman–Crippen MR) is 85.2 cm³/mol. The third kappa shape index (κ3) is 3.62. The van der Waals surface area contributed by atoms with Crippen molar-refractivity contribution in [3.8, 4) is 11.1 Å². The molecule has 0 radical (unpaired) electrons. The lowest BCUT2D eigenvalue weighted by atomic mass is 10.1. The van der Waals surface area contributed by atoms with E-state index in [1.165, 1.54) is 6.07 Å². The van der Waals surface area contributed by atoms with Crippen molar-refractivity contribution in [2.45, 2.75) is 13.8 Å². The molecule has 0 heterocycles. The van der Waals surface area contributed by atoms with Crippen LogP contribution in [0.3, 0.4) is 0 Å². The molecule has 0 N–H and O–H groups in total. The molecule has 0 aromatic heterocycles. The summed E-state index contributed by atoms with van der Waals surface area (Å²) >= 11 is 0.0882. The molecule has 0 fully saturated rings. The molecule has 2 aliphatic carbocycles. The molecule has 7 heteroatoms. The van der Waals surface area contributed by atoms with Crippen LogP contribution in [0.25, 0.3) is 11.1 Å². The van der Waals surface area contributed by atoms with Crippen molar-refractivity contribution < 1.29 is 23.3 Å². The van der Waals surface area contributed by atoms with Gasteiger partial charge in [0.25, 0.3) is 0 Å². The summed E-state index contributed by atoms with van der Waals surface area (Å²) < 4.78 is 24.3. The number of esters is 2. The Hall–Kier alpha value is -2.54. The minimum absolute atomic E-state index is 0.0882. The van der Waals surface area contributed by atoms with Crippen LogP contribution >= 0.6 is 0 Å². The quantitative estimate of drug-likeness (QED) is 0.785. The predicted octanol–water partition coefficient (Wildman–Crippen LogP) is 3.17. The van der Waals surface area contributed by atoms with Gasteiger partial charge in [-0.05, 0) is 43.2 Å². The molecular formula is C16H15NO5S. The van der Waals surface area contributed by atoms with Gasteiger partial charge >= 0.3 is 11.9 Å². The Morgan fingerprint density at radius 2 is 1.43 bits per heavy atom. The van der Waals surface area contributed by atoms with Crippen LogP contribution in [-0.4, -0.2) is 29.4 Å². The Kier molecular flexibility index (Phi) is 5.59. The van der Waals surface area contributed by atoms with Crippen molar-refractivity contribution in [2.75, 3.05) is 13.2 Å². The largest absolute Gasteiger partial charge is 0.462 e. The molecule has 0 saturated heterocycles. The molecule has 2 aliphatic rings. The molecule has 0 aromatic rings. The maximum atomic E-state index is 12.1. The average Bonchev–Trinajstić information content (AvgIpc) is 2.77. The maximum Gasteiger partial charge on any atom is 0.338 e. The molecule has 0 atom stereocenters. The van der Waals surface area contributed by atoms with E-state index in [4.69, 9.17) is 9.47 Å². The smallest absolute Gasteiger partial charge is 0.338 e. The molecule has 0 aliphatic heterocycles. The van der Waals surface area contributed by atoms with Gasteiger partial charge in [0.2, 0.25) is 11.5 Å². The molecule has 6 nitrogen and oxygen atoms in total. The van der Waals surface area contributed by atoms with Gasteiger partial charge < -0.3 is 9.47 Å². The monoisotopic (exact) mass is 333 g/mol. The first-order valence-electron chi connectivity index (χ1n) is 7.03. The van der Waals surface area contributed by atoms with E-state index >= 15 is 0 Å². The first-order chi connectivity index (χ1) is 11.1. The van der Waals surface area contributed by atoms with Crippen LogP contribution < -0.4 is 0 Å². The lowest BCUT2D eigenvalue weighted by molar-refractivity contribution is 0.0525. The summed E-state index contributed by atoms with van der Waals surface area (Å²) in [5.41, 5.74) is 2.09. The van der Waals surface area contributed by atoms with Crippen LogP contribution in [0.5, 0.6) is 0 Å². The Labute approximate surface area is 137 Å². The van der Waals surface area contributed by atoms with Gasteiger partial charge in [-0.2, -0.15) is 8.57 Å². The third-order valence-electron chi connectivity index (χ3n) is 3.13. The summed E-state index contributed by atoms with van der Waals surface area (Å²) in [4.78, 5) is 24.2. The van der Waals surface area contributed by atoms with Gasteiger partial charge in [-0.25, -0.2) is 9.59 Å². The molecule has 0 unspecified atom stereocenters. The zero-order valence-electron chi connectivity index (χ0n) is 12.7. The van der Waals surface area contributed by atoms with Gasteiger partial charge in [0.15, 0.2) is 0 Å². The first-order valence-corrected chi connectivity index (χ1v) is 7.73. The van der Waals surface area contributed by atoms with Gasteiger partial charge in [-0.15, -0.1) is 0 Å². The number of rotatable bonds is 5. The van der Waals surface area contributed by atoms with Crippen LogP contribution in [0.15, 0.2) is 34.7 Å². The SMILES string of the molecule is CCOC(=O)c1cc(C(=O)OCC)c2ccc(N=S=O)ccc1-2. The van der Waals surface area contributed by atoms with E-state index in [9.17, 15) is 13.8 Å². The van der Waals surface area contributed by atoms with Crippen molar-refractivity contribution in [1.29, 1.82) is 0 Å². The summed E-state index contributed by atoms with van der Waals surface area (Å²) in [5, 5.41) is 0. The van der Waals surface area contributed by atoms with E-state index < -0.39 is 11.9 Å². The van der Waals surface area contributed by atoms with Crippen molar-refractivity contribution in [2.24, 2.45) is 4.36 Å². The number of nitrogens with zero attached hydrogens (tertiary/aromatic N) is 1. The highest BCUT2D eigenvalue weighted by molar-refractivity contribution is 7.54. The molecule has 0 bridgehead atoms.